The third-order valence-corrected chi connectivity index (χ3v) is 12.2. The first kappa shape index (κ1) is 33.5. The largest absolute Gasteiger partial charge is 0.454 e. The van der Waals surface area contributed by atoms with Gasteiger partial charge >= 0.3 is 0 Å². The Hall–Kier alpha value is -7.63. The van der Waals surface area contributed by atoms with Crippen molar-refractivity contribution in [3.8, 4) is 62.1 Å². The van der Waals surface area contributed by atoms with Gasteiger partial charge in [-0.1, -0.05) is 166 Å². The van der Waals surface area contributed by atoms with Gasteiger partial charge < -0.3 is 8.98 Å². The molecule has 0 saturated heterocycles. The van der Waals surface area contributed by atoms with E-state index in [2.05, 4.69) is 170 Å². The molecule has 1 aliphatic carbocycles. The Morgan fingerprint density at radius 3 is 1.92 bits per heavy atom. The molecule has 0 bridgehead atoms. The molecule has 11 aromatic rings. The number of benzene rings is 8. The van der Waals surface area contributed by atoms with Crippen LogP contribution in [-0.2, 0) is 5.41 Å². The highest BCUT2D eigenvalue weighted by molar-refractivity contribution is 6.17. The van der Waals surface area contributed by atoms with Gasteiger partial charge in [-0.15, -0.1) is 0 Å². The quantitative estimate of drug-likeness (QED) is 0.175. The Labute approximate surface area is 340 Å². The summed E-state index contributed by atoms with van der Waals surface area (Å²) in [5.74, 6) is 1.80. The highest BCUT2D eigenvalue weighted by atomic mass is 16.3. The molecule has 0 spiro atoms. The number of rotatable bonds is 5. The Balaban J connectivity index is 1.14. The smallest absolute Gasteiger partial charge is 0.164 e. The van der Waals surface area contributed by atoms with E-state index in [0.717, 1.165) is 61.0 Å². The first-order chi connectivity index (χ1) is 29.0. The van der Waals surface area contributed by atoms with E-state index in [1.807, 2.05) is 30.3 Å². The average molecular weight is 757 g/mol. The van der Waals surface area contributed by atoms with E-state index in [1.54, 1.807) is 0 Å². The maximum atomic E-state index is 7.00. The summed E-state index contributed by atoms with van der Waals surface area (Å²) in [6, 6.07) is 63.9. The van der Waals surface area contributed by atoms with Gasteiger partial charge in [-0.25, -0.2) is 15.0 Å². The second kappa shape index (κ2) is 12.7. The summed E-state index contributed by atoms with van der Waals surface area (Å²) < 4.78 is 9.44. The van der Waals surface area contributed by atoms with E-state index >= 15 is 0 Å². The van der Waals surface area contributed by atoms with Crippen LogP contribution >= 0.6 is 0 Å². The van der Waals surface area contributed by atoms with Gasteiger partial charge in [-0.2, -0.15) is 0 Å². The van der Waals surface area contributed by atoms with Gasteiger partial charge in [0.15, 0.2) is 23.1 Å². The molecule has 0 N–H and O–H groups in total. The maximum Gasteiger partial charge on any atom is 0.164 e. The fourth-order valence-electron chi connectivity index (χ4n) is 9.55. The van der Waals surface area contributed by atoms with Crippen LogP contribution in [0.2, 0.25) is 0 Å². The monoisotopic (exact) mass is 756 g/mol. The fraction of sp³-hybridized carbons (Fsp3) is 0.0556. The summed E-state index contributed by atoms with van der Waals surface area (Å²) >= 11 is 0. The fourth-order valence-corrected chi connectivity index (χ4v) is 9.55. The van der Waals surface area contributed by atoms with Crippen molar-refractivity contribution in [2.75, 3.05) is 0 Å². The van der Waals surface area contributed by atoms with Crippen molar-refractivity contribution in [2.45, 2.75) is 19.3 Å². The number of fused-ring (bicyclic) bond motifs is 10. The number of aromatic nitrogens is 4. The van der Waals surface area contributed by atoms with Gasteiger partial charge in [0.25, 0.3) is 0 Å². The van der Waals surface area contributed by atoms with Gasteiger partial charge in [0.2, 0.25) is 0 Å². The molecule has 1 aliphatic rings. The summed E-state index contributed by atoms with van der Waals surface area (Å²) in [5.41, 5.74) is 14.9. The zero-order valence-corrected chi connectivity index (χ0v) is 32.5. The van der Waals surface area contributed by atoms with Gasteiger partial charge in [0.1, 0.15) is 5.58 Å². The van der Waals surface area contributed by atoms with Crippen LogP contribution in [0.4, 0.5) is 0 Å². The van der Waals surface area contributed by atoms with Gasteiger partial charge in [-0.05, 0) is 63.7 Å². The predicted octanol–water partition coefficient (Wildman–Crippen LogP) is 13.8. The molecule has 0 aliphatic heterocycles. The molecule has 5 heteroatoms. The van der Waals surface area contributed by atoms with E-state index in [1.165, 1.54) is 38.5 Å². The molecule has 0 amide bonds. The van der Waals surface area contributed by atoms with E-state index in [0.29, 0.717) is 17.5 Å². The van der Waals surface area contributed by atoms with E-state index in [-0.39, 0.29) is 5.41 Å². The van der Waals surface area contributed by atoms with Crippen LogP contribution < -0.4 is 0 Å². The van der Waals surface area contributed by atoms with Crippen molar-refractivity contribution in [2.24, 2.45) is 0 Å². The van der Waals surface area contributed by atoms with Crippen molar-refractivity contribution in [3.63, 3.8) is 0 Å². The highest BCUT2D eigenvalue weighted by Crippen LogP contribution is 2.53. The van der Waals surface area contributed by atoms with Gasteiger partial charge in [-0.3, -0.25) is 0 Å². The zero-order chi connectivity index (χ0) is 39.2. The van der Waals surface area contributed by atoms with Crippen LogP contribution in [0.1, 0.15) is 25.0 Å². The molecular formula is C54H36N4O. The molecule has 3 heterocycles. The van der Waals surface area contributed by atoms with Crippen LogP contribution in [0.15, 0.2) is 186 Å². The molecular weight excluding hydrogens is 721 g/mol. The summed E-state index contributed by atoms with van der Waals surface area (Å²) in [6.07, 6.45) is 0. The first-order valence-electron chi connectivity index (χ1n) is 20.1. The number of hydrogen-bond acceptors (Lipinski definition) is 4. The molecule has 8 aromatic carbocycles. The topological polar surface area (TPSA) is 56.7 Å². The SMILES string of the molecule is CC1(C)c2ccccc2-c2ccc3c4ccccc4n(-c4ccc(-c5nc(-c6ccccc6)nc(-c6cccc(-c7ccccc7)c6)n5)c5c4oc4ccccc45)c3c21. The Bertz CT molecular complexity index is 3470. The lowest BCUT2D eigenvalue weighted by atomic mass is 9.81. The normalized spacial score (nSPS) is 13.1. The number of furan rings is 1. The zero-order valence-electron chi connectivity index (χ0n) is 32.5. The second-order valence-electron chi connectivity index (χ2n) is 16.0. The minimum Gasteiger partial charge on any atom is -0.454 e. The lowest BCUT2D eigenvalue weighted by molar-refractivity contribution is 0.660. The van der Waals surface area contributed by atoms with Gasteiger partial charge in [0.05, 0.1) is 16.7 Å². The lowest BCUT2D eigenvalue weighted by Gasteiger charge is -2.23. The van der Waals surface area contributed by atoms with Crippen LogP contribution in [0, 0.1) is 0 Å². The summed E-state index contributed by atoms with van der Waals surface area (Å²) in [6.45, 7) is 4.72. The molecule has 12 rings (SSSR count). The molecule has 278 valence electrons. The average Bonchev–Trinajstić information content (AvgIpc) is 3.92. The Kier molecular flexibility index (Phi) is 7.20. The second-order valence-corrected chi connectivity index (χ2v) is 16.0. The third-order valence-electron chi connectivity index (χ3n) is 12.2. The first-order valence-corrected chi connectivity index (χ1v) is 20.1. The number of nitrogens with zero attached hydrogens (tertiary/aromatic N) is 4. The Morgan fingerprint density at radius 2 is 1.08 bits per heavy atom. The highest BCUT2D eigenvalue weighted by Gasteiger charge is 2.38. The van der Waals surface area contributed by atoms with Crippen LogP contribution in [0.25, 0.3) is 106 Å². The van der Waals surface area contributed by atoms with Gasteiger partial charge in [0, 0.05) is 43.7 Å². The number of hydrogen-bond donors (Lipinski definition) is 0. The molecule has 0 unspecified atom stereocenters. The lowest BCUT2D eigenvalue weighted by Crippen LogP contribution is -2.16. The summed E-state index contributed by atoms with van der Waals surface area (Å²) in [7, 11) is 0. The van der Waals surface area contributed by atoms with Crippen molar-refractivity contribution in [1.29, 1.82) is 0 Å². The molecule has 0 radical (unpaired) electrons. The van der Waals surface area contributed by atoms with E-state index in [4.69, 9.17) is 19.4 Å². The van der Waals surface area contributed by atoms with Crippen LogP contribution in [0.5, 0.6) is 0 Å². The maximum absolute atomic E-state index is 7.00. The molecule has 0 saturated carbocycles. The Morgan fingerprint density at radius 1 is 0.458 bits per heavy atom. The minimum absolute atomic E-state index is 0.225. The molecule has 59 heavy (non-hydrogen) atoms. The van der Waals surface area contributed by atoms with Crippen LogP contribution in [-0.4, -0.2) is 19.5 Å². The van der Waals surface area contributed by atoms with Crippen molar-refractivity contribution in [1.82, 2.24) is 19.5 Å². The summed E-state index contributed by atoms with van der Waals surface area (Å²) in [5, 5.41) is 4.40. The molecule has 3 aromatic heterocycles. The molecule has 5 nitrogen and oxygen atoms in total. The van der Waals surface area contributed by atoms with Crippen LogP contribution in [0.3, 0.4) is 0 Å². The minimum atomic E-state index is -0.225. The standard InChI is InChI=1S/C54H36N4O/c1-54(2)43-25-12-9-22-37(43)39-28-29-40-38-23-10-13-26-44(38)58(49(40)48(39)54)45-31-30-42(47-41-24-11-14-27-46(41)59-50(45)47)53-56-51(34-18-7-4-8-19-34)55-52(57-53)36-21-15-20-35(32-36)33-16-5-3-6-17-33/h3-32H,1-2H3. The van der Waals surface area contributed by atoms with Crippen molar-refractivity contribution >= 4 is 43.7 Å². The van der Waals surface area contributed by atoms with E-state index in [9.17, 15) is 0 Å². The molecule has 0 atom stereocenters. The van der Waals surface area contributed by atoms with Crippen molar-refractivity contribution in [3.05, 3.63) is 193 Å². The third kappa shape index (κ3) is 5.01. The number of para-hydroxylation sites is 2. The van der Waals surface area contributed by atoms with Crippen molar-refractivity contribution < 1.29 is 4.42 Å². The molecule has 0 fully saturated rings. The van der Waals surface area contributed by atoms with E-state index < -0.39 is 0 Å². The predicted molar refractivity (Wildman–Crippen MR) is 241 cm³/mol. The summed E-state index contributed by atoms with van der Waals surface area (Å²) in [4.78, 5) is 15.6.